The van der Waals surface area contributed by atoms with E-state index in [-0.39, 0.29) is 17.7 Å². The van der Waals surface area contributed by atoms with E-state index in [0.717, 1.165) is 17.9 Å². The number of amides is 1. The lowest BCUT2D eigenvalue weighted by atomic mass is 9.99. The molecular formula is C21H28N2O4S. The quantitative estimate of drug-likeness (QED) is 0.762. The average molecular weight is 405 g/mol. The Morgan fingerprint density at radius 1 is 1.46 bits per heavy atom. The molecule has 0 aromatic heterocycles. The number of aliphatic imine (C=N–C) groups is 1. The van der Waals surface area contributed by atoms with E-state index in [4.69, 9.17) is 4.74 Å². The maximum absolute atomic E-state index is 13.3. The van der Waals surface area contributed by atoms with Gasteiger partial charge in [-0.15, -0.1) is 0 Å². The summed E-state index contributed by atoms with van der Waals surface area (Å²) in [6.07, 6.45) is 2.56. The van der Waals surface area contributed by atoms with Crippen LogP contribution in [0.2, 0.25) is 0 Å². The van der Waals surface area contributed by atoms with Crippen molar-refractivity contribution < 1.29 is 19.7 Å². The molecule has 3 rings (SSSR count). The van der Waals surface area contributed by atoms with Crippen LogP contribution in [0.15, 0.2) is 34.8 Å². The van der Waals surface area contributed by atoms with Crippen molar-refractivity contribution in [3.63, 3.8) is 0 Å². The van der Waals surface area contributed by atoms with Crippen molar-refractivity contribution in [1.82, 2.24) is 4.90 Å². The van der Waals surface area contributed by atoms with Crippen molar-refractivity contribution in [2.24, 2.45) is 4.99 Å². The predicted octanol–water partition coefficient (Wildman–Crippen LogP) is 2.57. The van der Waals surface area contributed by atoms with E-state index in [9.17, 15) is 15.0 Å². The number of aliphatic hydroxyl groups is 1. The number of rotatable bonds is 6. The summed E-state index contributed by atoms with van der Waals surface area (Å²) < 4.78 is 5.96. The number of dihydropyridines is 1. The second-order valence-corrected chi connectivity index (χ2v) is 8.38. The molecule has 1 fully saturated rings. The minimum atomic E-state index is -0.530. The maximum atomic E-state index is 13.3. The van der Waals surface area contributed by atoms with Gasteiger partial charge < -0.3 is 19.8 Å². The number of thioether (sulfide) groups is 1. The zero-order valence-electron chi connectivity index (χ0n) is 16.4. The Balaban J connectivity index is 1.72. The molecule has 0 spiro atoms. The number of benzene rings is 1. The van der Waals surface area contributed by atoms with Crippen molar-refractivity contribution in [1.29, 1.82) is 0 Å². The van der Waals surface area contributed by atoms with Gasteiger partial charge in [0, 0.05) is 42.3 Å². The fraction of sp³-hybridized carbons (Fsp3) is 0.524. The highest BCUT2D eigenvalue weighted by atomic mass is 32.2. The summed E-state index contributed by atoms with van der Waals surface area (Å²) in [5, 5.41) is 19.6. The van der Waals surface area contributed by atoms with Crippen LogP contribution in [0, 0.1) is 6.92 Å². The number of carbonyl (C=O) groups is 1. The summed E-state index contributed by atoms with van der Waals surface area (Å²) in [7, 11) is 0. The fourth-order valence-electron chi connectivity index (χ4n) is 3.44. The molecule has 152 valence electrons. The van der Waals surface area contributed by atoms with Crippen molar-refractivity contribution >= 4 is 23.4 Å². The predicted molar refractivity (Wildman–Crippen MR) is 112 cm³/mol. The maximum Gasteiger partial charge on any atom is 0.255 e. The standard InChI is InChI=1S/C21H28N2O4S/c1-14(24)11-18-17(5-4-8-22-18)21(26)23-9-10-28-13-16(23)12-27-20-7-3-6-19(25)15(20)2/h3,5-7,14,16,24-25H,4,8-13H2,1-2H3/t14?,16-/m1/s1. The topological polar surface area (TPSA) is 82.4 Å². The third-order valence-corrected chi connectivity index (χ3v) is 6.08. The minimum Gasteiger partial charge on any atom is -0.508 e. The van der Waals surface area contributed by atoms with Crippen LogP contribution in [0.3, 0.4) is 0 Å². The van der Waals surface area contributed by atoms with Gasteiger partial charge >= 0.3 is 0 Å². The smallest absolute Gasteiger partial charge is 0.255 e. The highest BCUT2D eigenvalue weighted by Gasteiger charge is 2.32. The largest absolute Gasteiger partial charge is 0.508 e. The molecule has 1 aromatic carbocycles. The van der Waals surface area contributed by atoms with Gasteiger partial charge in [-0.05, 0) is 32.4 Å². The Kier molecular flexibility index (Phi) is 7.02. The van der Waals surface area contributed by atoms with Gasteiger partial charge in [0.05, 0.1) is 17.7 Å². The third kappa shape index (κ3) is 4.89. The number of nitrogens with zero attached hydrogens (tertiary/aromatic N) is 2. The van der Waals surface area contributed by atoms with Crippen LogP contribution >= 0.6 is 11.8 Å². The van der Waals surface area contributed by atoms with Gasteiger partial charge in [0.25, 0.3) is 5.91 Å². The zero-order valence-corrected chi connectivity index (χ0v) is 17.2. The SMILES string of the molecule is Cc1c(O)cccc1OC[C@@H]1CSCCN1C(=O)C1=CCCN=C1CC(C)O. The lowest BCUT2D eigenvalue weighted by Crippen LogP contribution is -2.50. The summed E-state index contributed by atoms with van der Waals surface area (Å²) in [4.78, 5) is 19.6. The Morgan fingerprint density at radius 3 is 3.07 bits per heavy atom. The Morgan fingerprint density at radius 2 is 2.29 bits per heavy atom. The molecule has 0 aliphatic carbocycles. The Labute approximate surface area is 170 Å². The molecule has 0 bridgehead atoms. The lowest BCUT2D eigenvalue weighted by molar-refractivity contribution is -0.129. The summed E-state index contributed by atoms with van der Waals surface area (Å²) in [5.74, 6) is 2.51. The first-order valence-electron chi connectivity index (χ1n) is 9.69. The Hall–Kier alpha value is -1.99. The fourth-order valence-corrected chi connectivity index (χ4v) is 4.48. The van der Waals surface area contributed by atoms with Crippen molar-refractivity contribution in [3.8, 4) is 11.5 Å². The molecule has 1 unspecified atom stereocenters. The zero-order chi connectivity index (χ0) is 20.1. The normalized spacial score (nSPS) is 21.0. The molecule has 0 saturated carbocycles. The van der Waals surface area contributed by atoms with Gasteiger partial charge in [0.15, 0.2) is 0 Å². The molecule has 2 N–H and O–H groups in total. The van der Waals surface area contributed by atoms with Crippen LogP contribution in [0.25, 0.3) is 0 Å². The van der Waals surface area contributed by atoms with E-state index in [0.29, 0.717) is 48.7 Å². The first kappa shape index (κ1) is 20.7. The van der Waals surface area contributed by atoms with Gasteiger partial charge in [0.1, 0.15) is 18.1 Å². The highest BCUT2D eigenvalue weighted by Crippen LogP contribution is 2.27. The van der Waals surface area contributed by atoms with E-state index >= 15 is 0 Å². The second kappa shape index (κ2) is 9.47. The number of carbonyl (C=O) groups excluding carboxylic acids is 1. The van der Waals surface area contributed by atoms with Gasteiger partial charge in [-0.3, -0.25) is 9.79 Å². The number of aromatic hydroxyl groups is 1. The third-order valence-electron chi connectivity index (χ3n) is 4.99. The number of hydrogen-bond acceptors (Lipinski definition) is 6. The van der Waals surface area contributed by atoms with Gasteiger partial charge in [0.2, 0.25) is 0 Å². The summed E-state index contributed by atoms with van der Waals surface area (Å²) in [5.41, 5.74) is 2.02. The summed E-state index contributed by atoms with van der Waals surface area (Å²) >= 11 is 1.81. The van der Waals surface area contributed by atoms with E-state index in [1.807, 2.05) is 35.7 Å². The van der Waals surface area contributed by atoms with Gasteiger partial charge in [-0.1, -0.05) is 12.1 Å². The van der Waals surface area contributed by atoms with Crippen molar-refractivity contribution in [2.45, 2.75) is 38.8 Å². The summed E-state index contributed by atoms with van der Waals surface area (Å²) in [6, 6.07) is 5.16. The molecule has 6 nitrogen and oxygen atoms in total. The first-order valence-corrected chi connectivity index (χ1v) is 10.8. The highest BCUT2D eigenvalue weighted by molar-refractivity contribution is 7.99. The van der Waals surface area contributed by atoms with Crippen LogP contribution in [-0.2, 0) is 4.79 Å². The molecular weight excluding hydrogens is 376 g/mol. The lowest BCUT2D eigenvalue weighted by Gasteiger charge is -2.36. The van der Waals surface area contributed by atoms with Crippen molar-refractivity contribution in [2.75, 3.05) is 31.2 Å². The summed E-state index contributed by atoms with van der Waals surface area (Å²) in [6.45, 7) is 5.23. The number of aliphatic hydroxyl groups excluding tert-OH is 1. The Bertz CT molecular complexity index is 776. The van der Waals surface area contributed by atoms with Crippen LogP contribution in [0.1, 0.15) is 25.3 Å². The second-order valence-electron chi connectivity index (χ2n) is 7.23. The van der Waals surface area contributed by atoms with E-state index in [1.54, 1.807) is 19.1 Å². The van der Waals surface area contributed by atoms with Crippen LogP contribution in [0.4, 0.5) is 0 Å². The molecule has 2 aliphatic heterocycles. The van der Waals surface area contributed by atoms with Gasteiger partial charge in [-0.25, -0.2) is 0 Å². The molecule has 0 radical (unpaired) electrons. The van der Waals surface area contributed by atoms with E-state index < -0.39 is 6.10 Å². The molecule has 2 atom stereocenters. The minimum absolute atomic E-state index is 0.0272. The molecule has 1 aromatic rings. The molecule has 2 aliphatic rings. The number of ether oxygens (including phenoxy) is 1. The van der Waals surface area contributed by atoms with Crippen LogP contribution in [0.5, 0.6) is 11.5 Å². The monoisotopic (exact) mass is 404 g/mol. The van der Waals surface area contributed by atoms with Crippen molar-refractivity contribution in [3.05, 3.63) is 35.4 Å². The molecule has 28 heavy (non-hydrogen) atoms. The van der Waals surface area contributed by atoms with Crippen LogP contribution in [-0.4, -0.2) is 70.1 Å². The van der Waals surface area contributed by atoms with E-state index in [1.165, 1.54) is 0 Å². The number of hydrogen-bond donors (Lipinski definition) is 2. The first-order chi connectivity index (χ1) is 13.5. The number of phenols is 1. The molecule has 1 saturated heterocycles. The molecule has 7 heteroatoms. The molecule has 1 amide bonds. The van der Waals surface area contributed by atoms with Gasteiger partial charge in [-0.2, -0.15) is 11.8 Å². The molecule has 2 heterocycles. The number of phenolic OH excluding ortho intramolecular Hbond substituents is 1. The van der Waals surface area contributed by atoms with E-state index in [2.05, 4.69) is 4.99 Å². The average Bonchev–Trinajstić information content (AvgIpc) is 2.69. The van der Waals surface area contributed by atoms with Crippen LogP contribution < -0.4 is 4.74 Å².